The first kappa shape index (κ1) is 15.2. The van der Waals surface area contributed by atoms with E-state index in [1.54, 1.807) is 6.92 Å². The maximum atomic E-state index is 10.0. The standard InChI is InChI=1S/C14H12Br2N2O2/c1-8-14(20)11(9(7-19)5-17-8)6-18-13-3-2-10(15)4-12(13)16/h2-6,19-20H,7H2,1H3. The number of aliphatic imine (C=N–C) groups is 1. The van der Waals surface area contributed by atoms with Gasteiger partial charge in [0.05, 0.1) is 18.0 Å². The number of hydrogen-bond donors (Lipinski definition) is 2. The van der Waals surface area contributed by atoms with Gasteiger partial charge in [0.25, 0.3) is 0 Å². The zero-order valence-electron chi connectivity index (χ0n) is 10.6. The predicted octanol–water partition coefficient (Wildman–Crippen LogP) is 3.86. The van der Waals surface area contributed by atoms with Crippen molar-refractivity contribution in [2.24, 2.45) is 4.99 Å². The molecule has 0 fully saturated rings. The molecule has 2 aromatic rings. The van der Waals surface area contributed by atoms with Crippen LogP contribution >= 0.6 is 31.9 Å². The van der Waals surface area contributed by atoms with E-state index < -0.39 is 0 Å². The third-order valence-electron chi connectivity index (χ3n) is 2.77. The van der Waals surface area contributed by atoms with Gasteiger partial charge in [-0.05, 0) is 41.1 Å². The Morgan fingerprint density at radius 3 is 2.75 bits per heavy atom. The van der Waals surface area contributed by atoms with Gasteiger partial charge in [-0.1, -0.05) is 15.9 Å². The Bertz CT molecular complexity index is 672. The van der Waals surface area contributed by atoms with E-state index in [1.165, 1.54) is 12.4 Å². The van der Waals surface area contributed by atoms with E-state index in [0.717, 1.165) is 14.6 Å². The van der Waals surface area contributed by atoms with Gasteiger partial charge < -0.3 is 10.2 Å². The molecule has 0 spiro atoms. The van der Waals surface area contributed by atoms with Crippen LogP contribution in [0.25, 0.3) is 0 Å². The summed E-state index contributed by atoms with van der Waals surface area (Å²) in [5.41, 5.74) is 2.24. The number of aliphatic hydroxyl groups excluding tert-OH is 1. The van der Waals surface area contributed by atoms with Crippen LogP contribution in [0.2, 0.25) is 0 Å². The minimum Gasteiger partial charge on any atom is -0.505 e. The fraction of sp³-hybridized carbons (Fsp3) is 0.143. The lowest BCUT2D eigenvalue weighted by Crippen LogP contribution is -1.97. The number of benzene rings is 1. The fourth-order valence-corrected chi connectivity index (χ4v) is 2.79. The molecule has 0 atom stereocenters. The maximum absolute atomic E-state index is 10.0. The number of halogens is 2. The van der Waals surface area contributed by atoms with Crippen molar-refractivity contribution in [1.82, 2.24) is 4.98 Å². The summed E-state index contributed by atoms with van der Waals surface area (Å²) >= 11 is 6.79. The van der Waals surface area contributed by atoms with Crippen molar-refractivity contribution in [1.29, 1.82) is 0 Å². The van der Waals surface area contributed by atoms with Crippen molar-refractivity contribution in [2.75, 3.05) is 0 Å². The number of pyridine rings is 1. The molecule has 1 aromatic carbocycles. The summed E-state index contributed by atoms with van der Waals surface area (Å²) in [7, 11) is 0. The fourth-order valence-electron chi connectivity index (χ4n) is 1.64. The van der Waals surface area contributed by atoms with Crippen LogP contribution in [0, 0.1) is 6.92 Å². The van der Waals surface area contributed by atoms with Crippen molar-refractivity contribution in [2.45, 2.75) is 13.5 Å². The van der Waals surface area contributed by atoms with Gasteiger partial charge in [-0.3, -0.25) is 9.98 Å². The van der Waals surface area contributed by atoms with E-state index in [1.807, 2.05) is 18.2 Å². The molecular formula is C14H12Br2N2O2. The Kier molecular flexibility index (Phi) is 4.91. The van der Waals surface area contributed by atoms with Crippen molar-refractivity contribution in [3.8, 4) is 5.75 Å². The van der Waals surface area contributed by atoms with Gasteiger partial charge in [0.15, 0.2) is 0 Å². The molecule has 1 aromatic heterocycles. The molecule has 0 unspecified atom stereocenters. The van der Waals surface area contributed by atoms with Crippen molar-refractivity contribution in [3.63, 3.8) is 0 Å². The van der Waals surface area contributed by atoms with Gasteiger partial charge in [-0.25, -0.2) is 0 Å². The van der Waals surface area contributed by atoms with Crippen LogP contribution in [0.1, 0.15) is 16.8 Å². The van der Waals surface area contributed by atoms with Gasteiger partial charge >= 0.3 is 0 Å². The Morgan fingerprint density at radius 2 is 2.10 bits per heavy atom. The first-order valence-electron chi connectivity index (χ1n) is 5.80. The third kappa shape index (κ3) is 3.26. The van der Waals surface area contributed by atoms with Crippen LogP contribution in [-0.2, 0) is 6.61 Å². The molecule has 0 saturated heterocycles. The van der Waals surface area contributed by atoms with Crippen LogP contribution in [0.15, 0.2) is 38.3 Å². The molecule has 0 aliphatic rings. The summed E-state index contributed by atoms with van der Waals surface area (Å²) < 4.78 is 1.78. The quantitative estimate of drug-likeness (QED) is 0.770. The highest BCUT2D eigenvalue weighted by Crippen LogP contribution is 2.29. The molecule has 2 rings (SSSR count). The highest BCUT2D eigenvalue weighted by Gasteiger charge is 2.09. The first-order valence-corrected chi connectivity index (χ1v) is 7.39. The summed E-state index contributed by atoms with van der Waals surface area (Å²) in [4.78, 5) is 8.34. The average Bonchev–Trinajstić information content (AvgIpc) is 2.42. The SMILES string of the molecule is Cc1ncc(CO)c(C=Nc2ccc(Br)cc2Br)c1O. The maximum Gasteiger partial charge on any atom is 0.145 e. The van der Waals surface area contributed by atoms with E-state index in [0.29, 0.717) is 16.8 Å². The van der Waals surface area contributed by atoms with Crippen LogP contribution in [-0.4, -0.2) is 21.4 Å². The molecule has 0 saturated carbocycles. The Labute approximate surface area is 133 Å². The van der Waals surface area contributed by atoms with Gasteiger partial charge in [-0.15, -0.1) is 0 Å². The summed E-state index contributed by atoms with van der Waals surface area (Å²) in [6, 6.07) is 5.60. The molecule has 0 radical (unpaired) electrons. The van der Waals surface area contributed by atoms with Gasteiger partial charge in [0.1, 0.15) is 5.75 Å². The molecule has 0 aliphatic carbocycles. The molecule has 4 nitrogen and oxygen atoms in total. The number of nitrogens with zero attached hydrogens (tertiary/aromatic N) is 2. The normalized spacial score (nSPS) is 11.2. The Balaban J connectivity index is 2.43. The lowest BCUT2D eigenvalue weighted by molar-refractivity contribution is 0.280. The summed E-state index contributed by atoms with van der Waals surface area (Å²) in [6.07, 6.45) is 3.07. The van der Waals surface area contributed by atoms with Gasteiger partial charge in [0.2, 0.25) is 0 Å². The summed E-state index contributed by atoms with van der Waals surface area (Å²) in [6.45, 7) is 1.49. The molecule has 20 heavy (non-hydrogen) atoms. The molecule has 0 aliphatic heterocycles. The number of rotatable bonds is 3. The van der Waals surface area contributed by atoms with Crippen LogP contribution in [0.3, 0.4) is 0 Å². The van der Waals surface area contributed by atoms with Crippen molar-refractivity contribution < 1.29 is 10.2 Å². The highest BCUT2D eigenvalue weighted by atomic mass is 79.9. The molecule has 6 heteroatoms. The number of aromatic hydroxyl groups is 1. The van der Waals surface area contributed by atoms with E-state index >= 15 is 0 Å². The number of hydrogen-bond acceptors (Lipinski definition) is 4. The van der Waals surface area contributed by atoms with Crippen molar-refractivity contribution >= 4 is 43.8 Å². The molecule has 1 heterocycles. The second-order valence-corrected chi connectivity index (χ2v) is 5.91. The van der Waals surface area contributed by atoms with Gasteiger partial charge in [0, 0.05) is 32.5 Å². The monoisotopic (exact) mass is 398 g/mol. The number of aryl methyl sites for hydroxylation is 1. The lowest BCUT2D eigenvalue weighted by Gasteiger charge is -2.07. The van der Waals surface area contributed by atoms with E-state index in [-0.39, 0.29) is 12.4 Å². The number of aliphatic hydroxyl groups is 1. The van der Waals surface area contributed by atoms with E-state index in [2.05, 4.69) is 41.8 Å². The van der Waals surface area contributed by atoms with Crippen molar-refractivity contribution in [3.05, 3.63) is 50.2 Å². The minimum atomic E-state index is -0.205. The molecule has 0 amide bonds. The third-order valence-corrected chi connectivity index (χ3v) is 3.90. The van der Waals surface area contributed by atoms with Crippen LogP contribution in [0.4, 0.5) is 5.69 Å². The topological polar surface area (TPSA) is 65.7 Å². The second kappa shape index (κ2) is 6.47. The van der Waals surface area contributed by atoms with E-state index in [4.69, 9.17) is 0 Å². The van der Waals surface area contributed by atoms with Gasteiger partial charge in [-0.2, -0.15) is 0 Å². The Hall–Kier alpha value is -1.24. The lowest BCUT2D eigenvalue weighted by atomic mass is 10.1. The zero-order valence-corrected chi connectivity index (χ0v) is 13.8. The molecular weight excluding hydrogens is 388 g/mol. The predicted molar refractivity (Wildman–Crippen MR) is 85.7 cm³/mol. The summed E-state index contributed by atoms with van der Waals surface area (Å²) in [5, 5.41) is 19.3. The molecule has 2 N–H and O–H groups in total. The Morgan fingerprint density at radius 1 is 1.35 bits per heavy atom. The smallest absolute Gasteiger partial charge is 0.145 e. The zero-order chi connectivity index (χ0) is 14.7. The first-order chi connectivity index (χ1) is 9.52. The number of aromatic nitrogens is 1. The summed E-state index contributed by atoms with van der Waals surface area (Å²) in [5.74, 6) is 0.0357. The largest absolute Gasteiger partial charge is 0.505 e. The second-order valence-electron chi connectivity index (χ2n) is 4.14. The van der Waals surface area contributed by atoms with E-state index in [9.17, 15) is 10.2 Å². The highest BCUT2D eigenvalue weighted by molar-refractivity contribution is 9.11. The average molecular weight is 400 g/mol. The molecule has 0 bridgehead atoms. The van der Waals surface area contributed by atoms with Crippen LogP contribution < -0.4 is 0 Å². The minimum absolute atomic E-state index is 0.0357. The molecule has 104 valence electrons. The van der Waals surface area contributed by atoms with Crippen LogP contribution in [0.5, 0.6) is 5.75 Å².